The molecular weight excluding hydrogens is 386 g/mol. The molecule has 0 aliphatic heterocycles. The molecule has 0 unspecified atom stereocenters. The van der Waals surface area contributed by atoms with Crippen LogP contribution in [0.25, 0.3) is 0 Å². The maximum Gasteiger partial charge on any atom is 0.253 e. The molecule has 27 heavy (non-hydrogen) atoms. The fourth-order valence-electron chi connectivity index (χ4n) is 2.16. The number of rotatable bonds is 8. The molecule has 1 N–H and O–H groups in total. The van der Waals surface area contributed by atoms with E-state index in [1.165, 1.54) is 17.0 Å². The molecule has 9 heteroatoms. The number of nitrogens with one attached hydrogen (secondary N) is 1. The van der Waals surface area contributed by atoms with Crippen LogP contribution in [0.3, 0.4) is 0 Å². The van der Waals surface area contributed by atoms with Crippen molar-refractivity contribution < 1.29 is 18.0 Å². The molecule has 0 aliphatic rings. The number of anilines is 1. The SMILES string of the molecule is CN(C)C(=O)c1ccc(N(CC(=O)NCCSC(C)(C)C)S(C)(=O)=O)cc1. The molecular formula is C18H29N3O4S2. The van der Waals surface area contributed by atoms with Crippen molar-refractivity contribution in [2.75, 3.05) is 43.5 Å². The second-order valence-electron chi connectivity index (χ2n) is 7.33. The van der Waals surface area contributed by atoms with Gasteiger partial charge >= 0.3 is 0 Å². The Morgan fingerprint density at radius 1 is 1.11 bits per heavy atom. The van der Waals surface area contributed by atoms with Crippen LogP contribution in [0.2, 0.25) is 0 Å². The van der Waals surface area contributed by atoms with Crippen molar-refractivity contribution in [1.29, 1.82) is 0 Å². The molecule has 7 nitrogen and oxygen atoms in total. The van der Waals surface area contributed by atoms with E-state index < -0.39 is 10.0 Å². The van der Waals surface area contributed by atoms with E-state index in [-0.39, 0.29) is 23.1 Å². The van der Waals surface area contributed by atoms with Crippen molar-refractivity contribution >= 4 is 39.3 Å². The number of nitrogens with zero attached hydrogens (tertiary/aromatic N) is 2. The predicted molar refractivity (Wildman–Crippen MR) is 112 cm³/mol. The summed E-state index contributed by atoms with van der Waals surface area (Å²) in [6.07, 6.45) is 1.05. The Morgan fingerprint density at radius 3 is 2.11 bits per heavy atom. The zero-order valence-electron chi connectivity index (χ0n) is 16.8. The van der Waals surface area contributed by atoms with Gasteiger partial charge in [0, 0.05) is 36.7 Å². The van der Waals surface area contributed by atoms with Crippen LogP contribution in [-0.2, 0) is 14.8 Å². The lowest BCUT2D eigenvalue weighted by Crippen LogP contribution is -2.41. The topological polar surface area (TPSA) is 86.8 Å². The molecule has 152 valence electrons. The van der Waals surface area contributed by atoms with Crippen LogP contribution in [0, 0.1) is 0 Å². The van der Waals surface area contributed by atoms with Gasteiger partial charge in [-0.1, -0.05) is 20.8 Å². The summed E-state index contributed by atoms with van der Waals surface area (Å²) in [6.45, 7) is 6.44. The molecule has 0 aromatic heterocycles. The van der Waals surface area contributed by atoms with Gasteiger partial charge in [-0.05, 0) is 24.3 Å². The van der Waals surface area contributed by atoms with E-state index in [0.717, 1.165) is 16.3 Å². The lowest BCUT2D eigenvalue weighted by molar-refractivity contribution is -0.119. The minimum absolute atomic E-state index is 0.106. The Bertz CT molecular complexity index is 754. The number of hydrogen-bond donors (Lipinski definition) is 1. The Morgan fingerprint density at radius 2 is 1.67 bits per heavy atom. The van der Waals surface area contributed by atoms with Gasteiger partial charge in [0.25, 0.3) is 5.91 Å². The highest BCUT2D eigenvalue weighted by molar-refractivity contribution is 8.00. The number of benzene rings is 1. The van der Waals surface area contributed by atoms with E-state index in [9.17, 15) is 18.0 Å². The quantitative estimate of drug-likeness (QED) is 0.654. The number of amides is 2. The van der Waals surface area contributed by atoms with Crippen LogP contribution in [0.5, 0.6) is 0 Å². The van der Waals surface area contributed by atoms with Crippen LogP contribution < -0.4 is 9.62 Å². The van der Waals surface area contributed by atoms with Crippen molar-refractivity contribution in [3.8, 4) is 0 Å². The Kier molecular flexibility index (Phi) is 8.16. The van der Waals surface area contributed by atoms with Gasteiger partial charge < -0.3 is 10.2 Å². The lowest BCUT2D eigenvalue weighted by atomic mass is 10.2. The zero-order chi connectivity index (χ0) is 20.8. The molecule has 0 aliphatic carbocycles. The fourth-order valence-corrected chi connectivity index (χ4v) is 3.84. The normalized spacial score (nSPS) is 11.8. The molecule has 1 rings (SSSR count). The summed E-state index contributed by atoms with van der Waals surface area (Å²) < 4.78 is 25.4. The van der Waals surface area contributed by atoms with Crippen molar-refractivity contribution in [3.63, 3.8) is 0 Å². The number of carbonyl (C=O) groups excluding carboxylic acids is 2. The first kappa shape index (κ1) is 23.3. The predicted octanol–water partition coefficient (Wildman–Crippen LogP) is 1.80. The minimum Gasteiger partial charge on any atom is -0.354 e. The Labute approximate surface area is 166 Å². The van der Waals surface area contributed by atoms with Crippen LogP contribution in [0.1, 0.15) is 31.1 Å². The van der Waals surface area contributed by atoms with Crippen molar-refractivity contribution in [1.82, 2.24) is 10.2 Å². The molecule has 2 amide bonds. The van der Waals surface area contributed by atoms with Crippen molar-refractivity contribution in [2.45, 2.75) is 25.5 Å². The highest BCUT2D eigenvalue weighted by atomic mass is 32.2. The van der Waals surface area contributed by atoms with E-state index in [4.69, 9.17) is 0 Å². The third-order valence-electron chi connectivity index (χ3n) is 3.46. The molecule has 0 spiro atoms. The molecule has 0 saturated carbocycles. The number of hydrogen-bond acceptors (Lipinski definition) is 5. The fraction of sp³-hybridized carbons (Fsp3) is 0.556. The number of carbonyl (C=O) groups is 2. The molecule has 0 heterocycles. The van der Waals surface area contributed by atoms with Crippen molar-refractivity contribution in [3.05, 3.63) is 29.8 Å². The van der Waals surface area contributed by atoms with Gasteiger partial charge in [-0.25, -0.2) is 8.42 Å². The van der Waals surface area contributed by atoms with E-state index in [1.807, 2.05) is 0 Å². The Balaban J connectivity index is 2.80. The first-order chi connectivity index (χ1) is 12.3. The van der Waals surface area contributed by atoms with Gasteiger partial charge in [0.05, 0.1) is 11.9 Å². The van der Waals surface area contributed by atoms with Crippen LogP contribution in [0.4, 0.5) is 5.69 Å². The first-order valence-corrected chi connectivity index (χ1v) is 11.3. The average Bonchev–Trinajstić information content (AvgIpc) is 2.54. The van der Waals surface area contributed by atoms with E-state index in [2.05, 4.69) is 26.1 Å². The van der Waals surface area contributed by atoms with Gasteiger partial charge in [0.2, 0.25) is 15.9 Å². The molecule has 1 aromatic rings. The highest BCUT2D eigenvalue weighted by Gasteiger charge is 2.21. The Hall–Kier alpha value is -1.74. The first-order valence-electron chi connectivity index (χ1n) is 8.51. The maximum absolute atomic E-state index is 12.2. The standard InChI is InChI=1S/C18H29N3O4S2/c1-18(2,3)26-12-11-19-16(22)13-21(27(6,24)25)15-9-7-14(8-10-15)17(23)20(4)5/h7-10H,11-13H2,1-6H3,(H,19,22). The van der Waals surface area contributed by atoms with Gasteiger partial charge in [-0.3, -0.25) is 13.9 Å². The third-order valence-corrected chi connectivity index (χ3v) is 5.87. The smallest absolute Gasteiger partial charge is 0.253 e. The van der Waals surface area contributed by atoms with Crippen LogP contribution in [-0.4, -0.2) is 69.1 Å². The lowest BCUT2D eigenvalue weighted by Gasteiger charge is -2.22. The van der Waals surface area contributed by atoms with Crippen molar-refractivity contribution in [2.24, 2.45) is 0 Å². The summed E-state index contributed by atoms with van der Waals surface area (Å²) in [6, 6.07) is 6.16. The molecule has 0 atom stereocenters. The molecule has 0 fully saturated rings. The van der Waals surface area contributed by atoms with E-state index >= 15 is 0 Å². The number of thioether (sulfide) groups is 1. The zero-order valence-corrected chi connectivity index (χ0v) is 18.4. The summed E-state index contributed by atoms with van der Waals surface area (Å²) in [5, 5.41) is 2.75. The second kappa shape index (κ2) is 9.45. The van der Waals surface area contributed by atoms with Crippen LogP contribution >= 0.6 is 11.8 Å². The summed E-state index contributed by atoms with van der Waals surface area (Å²) in [7, 11) is -0.364. The van der Waals surface area contributed by atoms with E-state index in [1.54, 1.807) is 38.0 Å². The van der Waals surface area contributed by atoms with Gasteiger partial charge in [-0.15, -0.1) is 0 Å². The number of sulfonamides is 1. The summed E-state index contributed by atoms with van der Waals surface area (Å²) >= 11 is 1.72. The largest absolute Gasteiger partial charge is 0.354 e. The maximum atomic E-state index is 12.2. The van der Waals surface area contributed by atoms with Gasteiger partial charge in [0.15, 0.2) is 0 Å². The molecule has 0 radical (unpaired) electrons. The summed E-state index contributed by atoms with van der Waals surface area (Å²) in [5.74, 6) is 0.195. The monoisotopic (exact) mass is 415 g/mol. The van der Waals surface area contributed by atoms with Gasteiger partial charge in [0.1, 0.15) is 6.54 Å². The van der Waals surface area contributed by atoms with E-state index in [0.29, 0.717) is 17.8 Å². The summed E-state index contributed by atoms with van der Waals surface area (Å²) in [4.78, 5) is 25.6. The molecule has 0 bridgehead atoms. The minimum atomic E-state index is -3.64. The summed E-state index contributed by atoms with van der Waals surface area (Å²) in [5.41, 5.74) is 0.785. The van der Waals surface area contributed by atoms with Gasteiger partial charge in [-0.2, -0.15) is 11.8 Å². The molecule has 0 saturated heterocycles. The average molecular weight is 416 g/mol. The molecule has 1 aromatic carbocycles. The highest BCUT2D eigenvalue weighted by Crippen LogP contribution is 2.22. The second-order valence-corrected chi connectivity index (χ2v) is 11.2. The van der Waals surface area contributed by atoms with Crippen LogP contribution in [0.15, 0.2) is 24.3 Å². The third kappa shape index (κ3) is 8.21.